The molecule has 0 fully saturated rings. The molecule has 3 nitrogen and oxygen atoms in total. The van der Waals surface area contributed by atoms with E-state index in [0.29, 0.717) is 0 Å². The molecule has 19 heavy (non-hydrogen) atoms. The van der Waals surface area contributed by atoms with Crippen molar-refractivity contribution in [3.8, 4) is 11.3 Å². The number of H-pyrrole nitrogens is 2. The van der Waals surface area contributed by atoms with Crippen molar-refractivity contribution >= 4 is 16.7 Å². The van der Waals surface area contributed by atoms with Crippen molar-refractivity contribution in [1.29, 1.82) is 0 Å². The molecule has 3 rings (SSSR count). The number of hydrogen-bond donors (Lipinski definition) is 2. The minimum absolute atomic E-state index is 0.110. The Bertz CT molecular complexity index is 777. The zero-order valence-corrected chi connectivity index (χ0v) is 11.3. The van der Waals surface area contributed by atoms with Gasteiger partial charge in [-0.3, -0.25) is 4.79 Å². The maximum absolute atomic E-state index is 11.7. The van der Waals surface area contributed by atoms with Crippen molar-refractivity contribution in [2.24, 2.45) is 0 Å². The monoisotopic (exact) mass is 252 g/mol. The van der Waals surface area contributed by atoms with Gasteiger partial charge in [-0.25, -0.2) is 0 Å². The maximum atomic E-state index is 11.7. The highest BCUT2D eigenvalue weighted by Gasteiger charge is 2.16. The molecule has 0 atom stereocenters. The zero-order chi connectivity index (χ0) is 13.6. The van der Waals surface area contributed by atoms with E-state index in [2.05, 4.69) is 28.2 Å². The molecule has 0 bridgehead atoms. The normalized spacial score (nSPS) is 11.1. The van der Waals surface area contributed by atoms with Crippen LogP contribution in [0.5, 0.6) is 0 Å². The number of aromatic nitrogens is 2. The van der Waals surface area contributed by atoms with Crippen LogP contribution in [0.3, 0.4) is 0 Å². The summed E-state index contributed by atoms with van der Waals surface area (Å²) < 4.78 is 0. The van der Waals surface area contributed by atoms with Crippen LogP contribution in [0.15, 0.2) is 30.5 Å². The lowest BCUT2D eigenvalue weighted by atomic mass is 10.0. The number of ketones is 1. The molecule has 0 aliphatic carbocycles. The van der Waals surface area contributed by atoms with Gasteiger partial charge in [0, 0.05) is 34.2 Å². The topological polar surface area (TPSA) is 48.6 Å². The number of aryl methyl sites for hydroxylation is 1. The van der Waals surface area contributed by atoms with Gasteiger partial charge in [0.15, 0.2) is 5.78 Å². The molecule has 1 aromatic carbocycles. The smallest absolute Gasteiger partial charge is 0.161 e. The third kappa shape index (κ3) is 1.78. The summed E-state index contributed by atoms with van der Waals surface area (Å²) in [7, 11) is 0. The third-order valence-corrected chi connectivity index (χ3v) is 3.63. The summed E-state index contributed by atoms with van der Waals surface area (Å²) in [6.07, 6.45) is 1.93. The summed E-state index contributed by atoms with van der Waals surface area (Å²) in [6, 6.07) is 8.33. The molecule has 96 valence electrons. The number of benzene rings is 1. The second-order valence-corrected chi connectivity index (χ2v) is 4.96. The molecular weight excluding hydrogens is 236 g/mol. The fourth-order valence-electron chi connectivity index (χ4n) is 2.77. The Morgan fingerprint density at radius 3 is 2.63 bits per heavy atom. The maximum Gasteiger partial charge on any atom is 0.161 e. The van der Waals surface area contributed by atoms with Gasteiger partial charge in [0.2, 0.25) is 0 Å². The van der Waals surface area contributed by atoms with E-state index in [-0.39, 0.29) is 5.78 Å². The average molecular weight is 252 g/mol. The molecule has 3 aromatic rings. The molecule has 0 saturated carbocycles. The molecule has 0 amide bonds. The molecule has 0 aliphatic rings. The lowest BCUT2D eigenvalue weighted by Crippen LogP contribution is -1.94. The highest BCUT2D eigenvalue weighted by molar-refractivity contribution is 5.99. The second-order valence-electron chi connectivity index (χ2n) is 4.96. The fourth-order valence-corrected chi connectivity index (χ4v) is 2.77. The molecule has 2 aromatic heterocycles. The van der Waals surface area contributed by atoms with E-state index in [0.717, 1.165) is 33.6 Å². The number of carbonyl (C=O) groups is 1. The predicted octanol–water partition coefficient (Wildman–Crippen LogP) is 3.98. The van der Waals surface area contributed by atoms with Crippen molar-refractivity contribution in [2.75, 3.05) is 0 Å². The first kappa shape index (κ1) is 11.8. The van der Waals surface area contributed by atoms with E-state index in [1.54, 1.807) is 6.92 Å². The second kappa shape index (κ2) is 4.12. The minimum Gasteiger partial charge on any atom is -0.361 e. The summed E-state index contributed by atoms with van der Waals surface area (Å²) in [5.74, 6) is 0.110. The van der Waals surface area contributed by atoms with Gasteiger partial charge in [-0.05, 0) is 43.9 Å². The van der Waals surface area contributed by atoms with Gasteiger partial charge in [0.25, 0.3) is 0 Å². The highest BCUT2D eigenvalue weighted by Crippen LogP contribution is 2.29. The molecule has 0 radical (unpaired) electrons. The van der Waals surface area contributed by atoms with Gasteiger partial charge >= 0.3 is 0 Å². The van der Waals surface area contributed by atoms with Crippen LogP contribution in [0, 0.1) is 13.8 Å². The Labute approximate surface area is 111 Å². The zero-order valence-electron chi connectivity index (χ0n) is 11.3. The average Bonchev–Trinajstić information content (AvgIpc) is 2.92. The van der Waals surface area contributed by atoms with E-state index in [4.69, 9.17) is 0 Å². The van der Waals surface area contributed by atoms with Crippen LogP contribution >= 0.6 is 0 Å². The first-order chi connectivity index (χ1) is 9.08. The predicted molar refractivity (Wildman–Crippen MR) is 77.6 cm³/mol. The van der Waals surface area contributed by atoms with Crippen molar-refractivity contribution in [1.82, 2.24) is 9.97 Å². The largest absolute Gasteiger partial charge is 0.361 e. The van der Waals surface area contributed by atoms with Crippen molar-refractivity contribution in [2.45, 2.75) is 20.8 Å². The van der Waals surface area contributed by atoms with Gasteiger partial charge in [-0.2, -0.15) is 0 Å². The molecule has 0 aliphatic heterocycles. The Balaban J connectivity index is 2.21. The summed E-state index contributed by atoms with van der Waals surface area (Å²) in [5.41, 5.74) is 6.00. The van der Waals surface area contributed by atoms with Crippen LogP contribution in [0.1, 0.15) is 28.5 Å². The van der Waals surface area contributed by atoms with Gasteiger partial charge < -0.3 is 9.97 Å². The third-order valence-electron chi connectivity index (χ3n) is 3.63. The summed E-state index contributed by atoms with van der Waals surface area (Å²) in [4.78, 5) is 18.2. The van der Waals surface area contributed by atoms with Crippen LogP contribution < -0.4 is 0 Å². The van der Waals surface area contributed by atoms with Crippen LogP contribution in [-0.2, 0) is 0 Å². The molecule has 0 spiro atoms. The number of rotatable bonds is 2. The number of nitrogens with one attached hydrogen (secondary N) is 2. The van der Waals surface area contributed by atoms with Crippen LogP contribution in [-0.4, -0.2) is 15.8 Å². The Hall–Kier alpha value is -2.29. The summed E-state index contributed by atoms with van der Waals surface area (Å²) in [6.45, 7) is 5.55. The number of hydrogen-bond acceptors (Lipinski definition) is 1. The number of carbonyl (C=O) groups excluding carboxylic acids is 1. The first-order valence-corrected chi connectivity index (χ1v) is 6.35. The minimum atomic E-state index is 0.110. The van der Waals surface area contributed by atoms with Gasteiger partial charge in [0.05, 0.1) is 0 Å². The SMILES string of the molecule is CC(=O)c1c(C)[nH]c(-c2ccc3cc[nH]c3c2)c1C. The van der Waals surface area contributed by atoms with Crippen LogP contribution in [0.25, 0.3) is 22.2 Å². The van der Waals surface area contributed by atoms with Crippen molar-refractivity contribution in [3.63, 3.8) is 0 Å². The van der Waals surface area contributed by atoms with Gasteiger partial charge in [-0.1, -0.05) is 12.1 Å². The summed E-state index contributed by atoms with van der Waals surface area (Å²) in [5, 5.41) is 1.19. The van der Waals surface area contributed by atoms with Crippen LogP contribution in [0.2, 0.25) is 0 Å². The number of aromatic amines is 2. The number of fused-ring (bicyclic) bond motifs is 1. The summed E-state index contributed by atoms with van der Waals surface area (Å²) >= 11 is 0. The van der Waals surface area contributed by atoms with E-state index in [9.17, 15) is 4.79 Å². The van der Waals surface area contributed by atoms with E-state index >= 15 is 0 Å². The Kier molecular flexibility index (Phi) is 2.56. The van der Waals surface area contributed by atoms with Gasteiger partial charge in [0.1, 0.15) is 0 Å². The Morgan fingerprint density at radius 1 is 1.16 bits per heavy atom. The van der Waals surface area contributed by atoms with E-state index < -0.39 is 0 Å². The lowest BCUT2D eigenvalue weighted by molar-refractivity contribution is 0.101. The molecule has 0 saturated heterocycles. The van der Waals surface area contributed by atoms with Crippen molar-refractivity contribution < 1.29 is 4.79 Å². The molecule has 3 heteroatoms. The highest BCUT2D eigenvalue weighted by atomic mass is 16.1. The van der Waals surface area contributed by atoms with E-state index in [1.807, 2.05) is 26.1 Å². The van der Waals surface area contributed by atoms with E-state index in [1.165, 1.54) is 5.39 Å². The quantitative estimate of drug-likeness (QED) is 0.666. The van der Waals surface area contributed by atoms with Crippen molar-refractivity contribution in [3.05, 3.63) is 47.3 Å². The lowest BCUT2D eigenvalue weighted by Gasteiger charge is -2.02. The molecule has 2 heterocycles. The van der Waals surface area contributed by atoms with Crippen LogP contribution in [0.4, 0.5) is 0 Å². The Morgan fingerprint density at radius 2 is 1.95 bits per heavy atom. The molecule has 2 N–H and O–H groups in total. The van der Waals surface area contributed by atoms with Gasteiger partial charge in [-0.15, -0.1) is 0 Å². The number of Topliss-reactive ketones (excluding diaryl/α,β-unsaturated/α-hetero) is 1. The fraction of sp³-hybridized carbons (Fsp3) is 0.188. The molecular formula is C16H16N2O. The molecule has 0 unspecified atom stereocenters. The first-order valence-electron chi connectivity index (χ1n) is 6.35. The standard InChI is InChI=1S/C16H16N2O/c1-9-15(11(3)19)10(2)18-16(9)13-5-4-12-6-7-17-14(12)8-13/h4-8,17-18H,1-3H3.